The summed E-state index contributed by atoms with van der Waals surface area (Å²) in [5.74, 6) is 0.556. The van der Waals surface area contributed by atoms with Crippen LogP contribution >= 0.6 is 0 Å². The average molecular weight is 306 g/mol. The number of hydrogen-bond acceptors (Lipinski definition) is 4. The van der Waals surface area contributed by atoms with Gasteiger partial charge in [0.15, 0.2) is 0 Å². The molecule has 1 saturated heterocycles. The molecular formula is C16H22N2O4. The fourth-order valence-electron chi connectivity index (χ4n) is 2.27. The number of carbonyl (C=O) groups is 2. The van der Waals surface area contributed by atoms with Gasteiger partial charge in [-0.3, -0.25) is 9.59 Å². The van der Waals surface area contributed by atoms with Crippen LogP contribution in [-0.2, 0) is 9.53 Å². The van der Waals surface area contributed by atoms with Crippen LogP contribution in [0.1, 0.15) is 23.7 Å². The Morgan fingerprint density at radius 2 is 2.14 bits per heavy atom. The van der Waals surface area contributed by atoms with Gasteiger partial charge in [-0.2, -0.15) is 0 Å². The molecule has 0 bridgehead atoms. The smallest absolute Gasteiger partial charge is 0.254 e. The van der Waals surface area contributed by atoms with Crippen LogP contribution in [0.4, 0.5) is 5.69 Å². The summed E-state index contributed by atoms with van der Waals surface area (Å²) < 4.78 is 10.9. The van der Waals surface area contributed by atoms with Crippen molar-refractivity contribution in [1.82, 2.24) is 4.90 Å². The first-order chi connectivity index (χ1) is 10.7. The number of anilines is 1. The van der Waals surface area contributed by atoms with E-state index in [0.29, 0.717) is 56.3 Å². The summed E-state index contributed by atoms with van der Waals surface area (Å²) in [6.07, 6.45) is 1.58. The molecule has 120 valence electrons. The lowest BCUT2D eigenvalue weighted by Gasteiger charge is -2.27. The second-order valence-corrected chi connectivity index (χ2v) is 5.15. The van der Waals surface area contributed by atoms with Crippen molar-refractivity contribution in [2.24, 2.45) is 0 Å². The minimum absolute atomic E-state index is 0.0501. The van der Waals surface area contributed by atoms with E-state index in [-0.39, 0.29) is 5.91 Å². The van der Waals surface area contributed by atoms with Crippen LogP contribution in [0.5, 0.6) is 5.75 Å². The van der Waals surface area contributed by atoms with Crippen LogP contribution in [0, 0.1) is 0 Å². The molecule has 1 heterocycles. The lowest BCUT2D eigenvalue weighted by atomic mass is 10.1. The Bertz CT molecular complexity index is 527. The van der Waals surface area contributed by atoms with Gasteiger partial charge >= 0.3 is 0 Å². The lowest BCUT2D eigenvalue weighted by molar-refractivity contribution is -0.107. The van der Waals surface area contributed by atoms with Gasteiger partial charge in [0.25, 0.3) is 5.91 Å². The van der Waals surface area contributed by atoms with Gasteiger partial charge in [0, 0.05) is 25.7 Å². The first-order valence-corrected chi connectivity index (χ1v) is 7.49. The zero-order valence-electron chi connectivity index (χ0n) is 13.1. The minimum atomic E-state index is -0.0501. The van der Waals surface area contributed by atoms with Gasteiger partial charge in [0.1, 0.15) is 5.75 Å². The molecule has 2 amide bonds. The van der Waals surface area contributed by atoms with Crippen LogP contribution in [0.15, 0.2) is 18.2 Å². The summed E-state index contributed by atoms with van der Waals surface area (Å²) in [6, 6.07) is 5.20. The predicted octanol–water partition coefficient (Wildman–Crippen LogP) is 1.54. The zero-order valence-corrected chi connectivity index (χ0v) is 13.1. The Balaban J connectivity index is 2.24. The first-order valence-electron chi connectivity index (χ1n) is 7.49. The number of amides is 2. The van der Waals surface area contributed by atoms with Gasteiger partial charge in [0.05, 0.1) is 25.5 Å². The summed E-state index contributed by atoms with van der Waals surface area (Å²) in [6.45, 7) is 4.88. The molecule has 0 unspecified atom stereocenters. The van der Waals surface area contributed by atoms with Crippen molar-refractivity contribution in [3.05, 3.63) is 23.8 Å². The fraction of sp³-hybridized carbons (Fsp3) is 0.500. The molecule has 0 saturated carbocycles. The van der Waals surface area contributed by atoms with E-state index in [2.05, 4.69) is 0 Å². The Morgan fingerprint density at radius 3 is 2.77 bits per heavy atom. The van der Waals surface area contributed by atoms with Crippen LogP contribution < -0.4 is 9.64 Å². The van der Waals surface area contributed by atoms with Crippen molar-refractivity contribution in [2.75, 3.05) is 44.9 Å². The normalized spacial score (nSPS) is 14.5. The Morgan fingerprint density at radius 1 is 1.41 bits per heavy atom. The highest BCUT2D eigenvalue weighted by Crippen LogP contribution is 2.29. The van der Waals surface area contributed by atoms with Gasteiger partial charge in [-0.25, -0.2) is 0 Å². The fourth-order valence-corrected chi connectivity index (χ4v) is 2.27. The van der Waals surface area contributed by atoms with Gasteiger partial charge in [-0.15, -0.1) is 0 Å². The van der Waals surface area contributed by atoms with Gasteiger partial charge < -0.3 is 19.3 Å². The van der Waals surface area contributed by atoms with Crippen LogP contribution in [-0.4, -0.2) is 57.2 Å². The molecular weight excluding hydrogens is 284 g/mol. The monoisotopic (exact) mass is 306 g/mol. The molecule has 1 aromatic carbocycles. The number of ether oxygens (including phenoxy) is 2. The number of benzene rings is 1. The van der Waals surface area contributed by atoms with Crippen LogP contribution in [0.2, 0.25) is 0 Å². The van der Waals surface area contributed by atoms with E-state index in [1.807, 2.05) is 6.92 Å². The van der Waals surface area contributed by atoms with E-state index < -0.39 is 0 Å². The highest BCUT2D eigenvalue weighted by Gasteiger charge is 2.20. The third-order valence-electron chi connectivity index (χ3n) is 3.50. The molecule has 1 aromatic rings. The highest BCUT2D eigenvalue weighted by molar-refractivity contribution is 5.96. The summed E-state index contributed by atoms with van der Waals surface area (Å²) in [4.78, 5) is 26.8. The van der Waals surface area contributed by atoms with Crippen LogP contribution in [0.25, 0.3) is 0 Å². The van der Waals surface area contributed by atoms with E-state index in [0.717, 1.165) is 6.42 Å². The number of morpholine rings is 1. The molecule has 1 aliphatic rings. The summed E-state index contributed by atoms with van der Waals surface area (Å²) >= 11 is 0. The van der Waals surface area contributed by atoms with Gasteiger partial charge in [0.2, 0.25) is 6.41 Å². The van der Waals surface area contributed by atoms with Crippen molar-refractivity contribution < 1.29 is 19.1 Å². The van der Waals surface area contributed by atoms with E-state index in [1.54, 1.807) is 30.1 Å². The van der Waals surface area contributed by atoms with Crippen molar-refractivity contribution in [3.63, 3.8) is 0 Å². The Labute approximate surface area is 130 Å². The molecule has 6 heteroatoms. The second-order valence-electron chi connectivity index (χ2n) is 5.15. The maximum absolute atomic E-state index is 12.5. The van der Waals surface area contributed by atoms with Crippen molar-refractivity contribution in [3.8, 4) is 5.75 Å². The van der Waals surface area contributed by atoms with Gasteiger partial charge in [-0.05, 0) is 24.6 Å². The minimum Gasteiger partial charge on any atom is -0.491 e. The van der Waals surface area contributed by atoms with Crippen molar-refractivity contribution in [1.29, 1.82) is 0 Å². The molecule has 2 rings (SSSR count). The molecule has 6 nitrogen and oxygen atoms in total. The zero-order chi connectivity index (χ0) is 15.9. The molecule has 1 fully saturated rings. The van der Waals surface area contributed by atoms with E-state index >= 15 is 0 Å². The first kappa shape index (κ1) is 16.3. The second kappa shape index (κ2) is 7.79. The molecule has 0 N–H and O–H groups in total. The van der Waals surface area contributed by atoms with Crippen molar-refractivity contribution >= 4 is 18.0 Å². The van der Waals surface area contributed by atoms with E-state index in [1.165, 1.54) is 4.90 Å². The predicted molar refractivity (Wildman–Crippen MR) is 83.4 cm³/mol. The number of hydrogen-bond donors (Lipinski definition) is 0. The lowest BCUT2D eigenvalue weighted by Crippen LogP contribution is -2.40. The Hall–Kier alpha value is -2.08. The summed E-state index contributed by atoms with van der Waals surface area (Å²) in [5.41, 5.74) is 1.15. The molecule has 0 radical (unpaired) electrons. The quantitative estimate of drug-likeness (QED) is 0.748. The summed E-state index contributed by atoms with van der Waals surface area (Å²) in [5, 5.41) is 0. The maximum Gasteiger partial charge on any atom is 0.254 e. The molecule has 22 heavy (non-hydrogen) atoms. The number of nitrogens with zero attached hydrogens (tertiary/aromatic N) is 2. The SMILES string of the molecule is CCCOc1ccc(C(=O)N2CCOCC2)cc1N(C)C=O. The maximum atomic E-state index is 12.5. The molecule has 0 spiro atoms. The molecule has 0 aromatic heterocycles. The molecule has 0 aliphatic carbocycles. The number of carbonyl (C=O) groups excluding carboxylic acids is 2. The molecule has 1 aliphatic heterocycles. The number of rotatable bonds is 6. The van der Waals surface area contributed by atoms with Crippen LogP contribution in [0.3, 0.4) is 0 Å². The topological polar surface area (TPSA) is 59.1 Å². The Kier molecular flexibility index (Phi) is 5.77. The summed E-state index contributed by atoms with van der Waals surface area (Å²) in [7, 11) is 1.64. The molecule has 0 atom stereocenters. The van der Waals surface area contributed by atoms with Gasteiger partial charge in [-0.1, -0.05) is 6.92 Å². The van der Waals surface area contributed by atoms with Crippen molar-refractivity contribution in [2.45, 2.75) is 13.3 Å². The van der Waals surface area contributed by atoms with E-state index in [9.17, 15) is 9.59 Å². The third kappa shape index (κ3) is 3.76. The third-order valence-corrected chi connectivity index (χ3v) is 3.50. The highest BCUT2D eigenvalue weighted by atomic mass is 16.5. The van der Waals surface area contributed by atoms with E-state index in [4.69, 9.17) is 9.47 Å². The standard InChI is InChI=1S/C16H22N2O4/c1-3-8-22-15-5-4-13(11-14(15)17(2)12-19)16(20)18-6-9-21-10-7-18/h4-5,11-12H,3,6-10H2,1-2H3. The largest absolute Gasteiger partial charge is 0.491 e. The average Bonchev–Trinajstić information content (AvgIpc) is 2.59.